The first-order valence-electron chi connectivity index (χ1n) is 8.95. The van der Waals surface area contributed by atoms with Gasteiger partial charge in [0.25, 0.3) is 0 Å². The average Bonchev–Trinajstić information content (AvgIpc) is 2.54. The van der Waals surface area contributed by atoms with Crippen LogP contribution in [0.5, 0.6) is 0 Å². The summed E-state index contributed by atoms with van der Waals surface area (Å²) in [5.41, 5.74) is 0. The van der Waals surface area contributed by atoms with Gasteiger partial charge in [0.15, 0.2) is 0 Å². The SMILES string of the molecule is CC=CC(=CC=CCCCC)OC(C=CC)=CC=CCCCC. The summed E-state index contributed by atoms with van der Waals surface area (Å²) in [7, 11) is 0. The van der Waals surface area contributed by atoms with Gasteiger partial charge in [0.2, 0.25) is 0 Å². The molecule has 0 rings (SSSR count). The van der Waals surface area contributed by atoms with E-state index in [1.807, 2.05) is 50.3 Å². The zero-order valence-electron chi connectivity index (χ0n) is 15.4. The van der Waals surface area contributed by atoms with Gasteiger partial charge in [-0.15, -0.1) is 0 Å². The highest BCUT2D eigenvalue weighted by Gasteiger charge is 1.95. The molecule has 1 nitrogen and oxygen atoms in total. The largest absolute Gasteiger partial charge is 0.457 e. The summed E-state index contributed by atoms with van der Waals surface area (Å²) < 4.78 is 5.99. The molecule has 0 aromatic heterocycles. The molecular formula is C22H34O. The predicted molar refractivity (Wildman–Crippen MR) is 104 cm³/mol. The molecule has 0 aromatic rings. The number of rotatable bonds is 12. The molecule has 0 aliphatic carbocycles. The van der Waals surface area contributed by atoms with Crippen molar-refractivity contribution in [1.29, 1.82) is 0 Å². The van der Waals surface area contributed by atoms with Crippen LogP contribution in [0.25, 0.3) is 0 Å². The van der Waals surface area contributed by atoms with Crippen LogP contribution in [0.1, 0.15) is 66.2 Å². The molecule has 128 valence electrons. The number of ether oxygens (including phenoxy) is 1. The van der Waals surface area contributed by atoms with Crippen molar-refractivity contribution in [2.75, 3.05) is 0 Å². The van der Waals surface area contributed by atoms with E-state index >= 15 is 0 Å². The first kappa shape index (κ1) is 21.2. The minimum Gasteiger partial charge on any atom is -0.457 e. The smallest absolute Gasteiger partial charge is 0.127 e. The summed E-state index contributed by atoms with van der Waals surface area (Å²) in [5, 5.41) is 0. The molecule has 0 atom stereocenters. The van der Waals surface area contributed by atoms with Gasteiger partial charge in [0.05, 0.1) is 0 Å². The molecule has 0 saturated heterocycles. The van der Waals surface area contributed by atoms with Crippen molar-refractivity contribution >= 4 is 0 Å². The quantitative estimate of drug-likeness (QED) is 0.207. The summed E-state index contributed by atoms with van der Waals surface area (Å²) in [6.45, 7) is 8.42. The van der Waals surface area contributed by atoms with E-state index in [4.69, 9.17) is 4.74 Å². The second kappa shape index (κ2) is 16.6. The van der Waals surface area contributed by atoms with Crippen LogP contribution in [-0.4, -0.2) is 0 Å². The van der Waals surface area contributed by atoms with Gasteiger partial charge in [-0.2, -0.15) is 0 Å². The third kappa shape index (κ3) is 13.6. The summed E-state index contributed by atoms with van der Waals surface area (Å²) in [6, 6.07) is 0. The van der Waals surface area contributed by atoms with E-state index in [0.717, 1.165) is 24.4 Å². The number of allylic oxidation sites excluding steroid dienone is 10. The number of unbranched alkanes of at least 4 members (excludes halogenated alkanes) is 4. The molecule has 1 heteroatoms. The van der Waals surface area contributed by atoms with Crippen LogP contribution in [0.2, 0.25) is 0 Å². The lowest BCUT2D eigenvalue weighted by Crippen LogP contribution is -1.88. The van der Waals surface area contributed by atoms with Crippen molar-refractivity contribution in [1.82, 2.24) is 0 Å². The van der Waals surface area contributed by atoms with Gasteiger partial charge < -0.3 is 4.74 Å². The molecule has 0 bridgehead atoms. The molecule has 0 amide bonds. The Morgan fingerprint density at radius 2 is 1.17 bits per heavy atom. The van der Waals surface area contributed by atoms with Crippen molar-refractivity contribution < 1.29 is 4.74 Å². The predicted octanol–water partition coefficient (Wildman–Crippen LogP) is 7.42. The molecule has 0 spiro atoms. The first-order valence-corrected chi connectivity index (χ1v) is 8.95. The molecule has 0 saturated carbocycles. The Hall–Kier alpha value is -1.76. The van der Waals surface area contributed by atoms with E-state index in [1.165, 1.54) is 25.7 Å². The van der Waals surface area contributed by atoms with Crippen LogP contribution in [0.15, 0.2) is 72.3 Å². The Labute approximate surface area is 143 Å². The third-order valence-electron chi connectivity index (χ3n) is 3.14. The molecule has 0 radical (unpaired) electrons. The third-order valence-corrected chi connectivity index (χ3v) is 3.14. The Morgan fingerprint density at radius 3 is 1.52 bits per heavy atom. The highest BCUT2D eigenvalue weighted by molar-refractivity contribution is 5.25. The van der Waals surface area contributed by atoms with Crippen LogP contribution >= 0.6 is 0 Å². The molecule has 23 heavy (non-hydrogen) atoms. The Balaban J connectivity index is 4.81. The summed E-state index contributed by atoms with van der Waals surface area (Å²) in [5.74, 6) is 1.71. The van der Waals surface area contributed by atoms with Gasteiger partial charge in [-0.1, -0.05) is 76.0 Å². The highest BCUT2D eigenvalue weighted by atomic mass is 16.5. The van der Waals surface area contributed by atoms with Crippen LogP contribution in [0.4, 0.5) is 0 Å². The van der Waals surface area contributed by atoms with Crippen LogP contribution in [0.3, 0.4) is 0 Å². The topological polar surface area (TPSA) is 9.23 Å². The fourth-order valence-corrected chi connectivity index (χ4v) is 1.87. The van der Waals surface area contributed by atoms with Crippen molar-refractivity contribution in [3.63, 3.8) is 0 Å². The van der Waals surface area contributed by atoms with Gasteiger partial charge >= 0.3 is 0 Å². The Bertz CT molecular complexity index is 403. The van der Waals surface area contributed by atoms with E-state index in [1.54, 1.807) is 0 Å². The number of hydrogen-bond acceptors (Lipinski definition) is 1. The van der Waals surface area contributed by atoms with Gasteiger partial charge in [0.1, 0.15) is 11.5 Å². The lowest BCUT2D eigenvalue weighted by molar-refractivity contribution is 0.336. The van der Waals surface area contributed by atoms with Crippen molar-refractivity contribution in [2.45, 2.75) is 66.2 Å². The Morgan fingerprint density at radius 1 is 0.739 bits per heavy atom. The van der Waals surface area contributed by atoms with E-state index in [-0.39, 0.29) is 0 Å². The van der Waals surface area contributed by atoms with E-state index < -0.39 is 0 Å². The van der Waals surface area contributed by atoms with Crippen molar-refractivity contribution in [3.8, 4) is 0 Å². The lowest BCUT2D eigenvalue weighted by Gasteiger charge is -2.06. The Kier molecular flexibility index (Phi) is 15.3. The van der Waals surface area contributed by atoms with Crippen molar-refractivity contribution in [3.05, 3.63) is 72.3 Å². The van der Waals surface area contributed by atoms with E-state index in [9.17, 15) is 0 Å². The second-order valence-corrected chi connectivity index (χ2v) is 5.38. The zero-order valence-corrected chi connectivity index (χ0v) is 15.4. The summed E-state index contributed by atoms with van der Waals surface area (Å²) >= 11 is 0. The van der Waals surface area contributed by atoms with Gasteiger partial charge in [0, 0.05) is 0 Å². The molecule has 0 fully saturated rings. The van der Waals surface area contributed by atoms with Crippen molar-refractivity contribution in [2.24, 2.45) is 0 Å². The zero-order chi connectivity index (χ0) is 17.2. The van der Waals surface area contributed by atoms with Crippen LogP contribution in [0, 0.1) is 0 Å². The van der Waals surface area contributed by atoms with Gasteiger partial charge in [-0.05, 0) is 51.0 Å². The summed E-state index contributed by atoms with van der Waals surface area (Å²) in [6.07, 6.45) is 27.7. The first-order chi connectivity index (χ1) is 11.3. The standard InChI is InChI=1S/C22H34O/c1-5-9-11-13-15-19-21(17-7-3)23-22(18-8-4)20-16-14-12-10-6-2/h7-8,13-20H,5-6,9-12H2,1-4H3. The molecule has 0 aliphatic heterocycles. The van der Waals surface area contributed by atoms with E-state index in [0.29, 0.717) is 0 Å². The maximum absolute atomic E-state index is 5.99. The van der Waals surface area contributed by atoms with Crippen LogP contribution in [-0.2, 0) is 4.74 Å². The second-order valence-electron chi connectivity index (χ2n) is 5.38. The minimum absolute atomic E-state index is 0.853. The average molecular weight is 315 g/mol. The fourth-order valence-electron chi connectivity index (χ4n) is 1.87. The fraction of sp³-hybridized carbons (Fsp3) is 0.455. The molecule has 0 unspecified atom stereocenters. The molecule has 0 heterocycles. The molecule has 0 N–H and O–H groups in total. The maximum Gasteiger partial charge on any atom is 0.127 e. The van der Waals surface area contributed by atoms with E-state index in [2.05, 4.69) is 38.2 Å². The van der Waals surface area contributed by atoms with Gasteiger partial charge in [-0.25, -0.2) is 0 Å². The lowest BCUT2D eigenvalue weighted by atomic mass is 10.2. The normalized spacial score (nSPS) is 14.1. The van der Waals surface area contributed by atoms with Crippen LogP contribution < -0.4 is 0 Å². The molecule has 0 aromatic carbocycles. The minimum atomic E-state index is 0.853. The maximum atomic E-state index is 5.99. The summed E-state index contributed by atoms with van der Waals surface area (Å²) in [4.78, 5) is 0. The highest BCUT2D eigenvalue weighted by Crippen LogP contribution is 2.11. The molecular weight excluding hydrogens is 280 g/mol. The van der Waals surface area contributed by atoms with Gasteiger partial charge in [-0.3, -0.25) is 0 Å². The number of hydrogen-bond donors (Lipinski definition) is 0. The monoisotopic (exact) mass is 314 g/mol. The molecule has 0 aliphatic rings.